The summed E-state index contributed by atoms with van der Waals surface area (Å²) in [6, 6.07) is 14.7. The molecule has 0 aliphatic carbocycles. The van der Waals surface area contributed by atoms with Gasteiger partial charge in [-0.1, -0.05) is 51.9 Å². The largest absolute Gasteiger partial charge is 0.494 e. The first-order valence-electron chi connectivity index (χ1n) is 9.78. The molecule has 0 aliphatic rings. The highest BCUT2D eigenvalue weighted by molar-refractivity contribution is 5.74. The van der Waals surface area contributed by atoms with Crippen molar-refractivity contribution in [3.8, 4) is 17.2 Å². The lowest BCUT2D eigenvalue weighted by Crippen LogP contribution is -1.97. The number of aldehydes is 1. The highest BCUT2D eigenvalue weighted by atomic mass is 16.5. The first-order valence-corrected chi connectivity index (χ1v) is 9.78. The zero-order chi connectivity index (χ0) is 18.5. The Kier molecular flexibility index (Phi) is 9.34. The molecule has 3 heteroatoms. The molecule has 0 unspecified atom stereocenters. The molecule has 0 amide bonds. The number of carbonyl (C=O) groups excluding carboxylic acids is 1. The highest BCUT2D eigenvalue weighted by Gasteiger charge is 2.00. The molecule has 0 N–H and O–H groups in total. The van der Waals surface area contributed by atoms with Crippen molar-refractivity contribution in [2.24, 2.45) is 0 Å². The molecular formula is C23H30O3. The molecule has 0 saturated heterocycles. The molecule has 3 nitrogen and oxygen atoms in total. The average molecular weight is 354 g/mol. The summed E-state index contributed by atoms with van der Waals surface area (Å²) in [5.74, 6) is 2.34. The maximum atomic E-state index is 10.7. The van der Waals surface area contributed by atoms with E-state index in [4.69, 9.17) is 9.47 Å². The average Bonchev–Trinajstić information content (AvgIpc) is 2.68. The van der Waals surface area contributed by atoms with Crippen molar-refractivity contribution in [3.05, 3.63) is 54.1 Å². The highest BCUT2D eigenvalue weighted by Crippen LogP contribution is 2.24. The summed E-state index contributed by atoms with van der Waals surface area (Å²) in [5.41, 5.74) is 0.641. The molecule has 0 fully saturated rings. The van der Waals surface area contributed by atoms with E-state index in [1.807, 2.05) is 24.3 Å². The zero-order valence-corrected chi connectivity index (χ0v) is 15.8. The second-order valence-electron chi connectivity index (χ2n) is 6.58. The zero-order valence-electron chi connectivity index (χ0n) is 15.8. The van der Waals surface area contributed by atoms with Crippen LogP contribution in [0, 0.1) is 0 Å². The predicted octanol–water partition coefficient (Wildman–Crippen LogP) is 6.81. The third kappa shape index (κ3) is 7.73. The minimum atomic E-state index is 0.641. The van der Waals surface area contributed by atoms with Crippen LogP contribution in [0.1, 0.15) is 68.6 Å². The van der Waals surface area contributed by atoms with Crippen LogP contribution in [-0.2, 0) is 0 Å². The normalized spacial score (nSPS) is 10.5. The molecule has 0 spiro atoms. The third-order valence-electron chi connectivity index (χ3n) is 4.34. The van der Waals surface area contributed by atoms with Crippen molar-refractivity contribution in [1.29, 1.82) is 0 Å². The van der Waals surface area contributed by atoms with Crippen molar-refractivity contribution in [2.45, 2.75) is 58.3 Å². The van der Waals surface area contributed by atoms with Gasteiger partial charge in [0.25, 0.3) is 0 Å². The summed E-state index contributed by atoms with van der Waals surface area (Å²) in [5, 5.41) is 0. The molecule has 0 radical (unpaired) electrons. The molecule has 0 aliphatic heterocycles. The van der Waals surface area contributed by atoms with Crippen LogP contribution >= 0.6 is 0 Å². The monoisotopic (exact) mass is 354 g/mol. The summed E-state index contributed by atoms with van der Waals surface area (Å²) >= 11 is 0. The van der Waals surface area contributed by atoms with Crippen molar-refractivity contribution < 1.29 is 14.3 Å². The lowest BCUT2D eigenvalue weighted by molar-refractivity contribution is 0.112. The molecule has 0 saturated carbocycles. The van der Waals surface area contributed by atoms with E-state index in [0.717, 1.165) is 30.8 Å². The van der Waals surface area contributed by atoms with Gasteiger partial charge in [-0.05, 0) is 55.0 Å². The van der Waals surface area contributed by atoms with E-state index < -0.39 is 0 Å². The fraction of sp³-hybridized carbons (Fsp3) is 0.435. The number of unbranched alkanes of at least 4 members (excludes halogenated alkanes) is 7. The fourth-order valence-electron chi connectivity index (χ4n) is 2.78. The molecule has 140 valence electrons. The number of rotatable bonds is 13. The van der Waals surface area contributed by atoms with Gasteiger partial charge in [-0.25, -0.2) is 0 Å². The molecule has 26 heavy (non-hydrogen) atoms. The van der Waals surface area contributed by atoms with Gasteiger partial charge in [0, 0.05) is 5.56 Å². The Hall–Kier alpha value is -2.29. The Morgan fingerprint density at radius 1 is 0.692 bits per heavy atom. The molecule has 0 heterocycles. The minimum absolute atomic E-state index is 0.641. The number of benzene rings is 2. The molecule has 0 aromatic heterocycles. The van der Waals surface area contributed by atoms with Gasteiger partial charge < -0.3 is 9.47 Å². The van der Waals surface area contributed by atoms with Crippen LogP contribution < -0.4 is 9.47 Å². The van der Waals surface area contributed by atoms with Gasteiger partial charge >= 0.3 is 0 Å². The second kappa shape index (κ2) is 12.1. The van der Waals surface area contributed by atoms with Gasteiger partial charge in [-0.3, -0.25) is 4.79 Å². The van der Waals surface area contributed by atoms with Crippen molar-refractivity contribution >= 4 is 6.29 Å². The standard InChI is InChI=1S/C23H30O3/c1-2-3-4-5-6-7-8-9-18-25-21-14-16-23(17-15-21)26-22-12-10-20(19-24)11-13-22/h10-17,19H,2-9,18H2,1H3. The number of hydrogen-bond donors (Lipinski definition) is 0. The van der Waals surface area contributed by atoms with Crippen LogP contribution in [0.5, 0.6) is 17.2 Å². The van der Waals surface area contributed by atoms with Gasteiger partial charge in [0.05, 0.1) is 6.61 Å². The van der Waals surface area contributed by atoms with Crippen LogP contribution in [0.4, 0.5) is 0 Å². The topological polar surface area (TPSA) is 35.5 Å². The van der Waals surface area contributed by atoms with E-state index >= 15 is 0 Å². The number of hydrogen-bond acceptors (Lipinski definition) is 3. The van der Waals surface area contributed by atoms with Gasteiger partial charge in [0.1, 0.15) is 23.5 Å². The van der Waals surface area contributed by atoms with Crippen LogP contribution in [0.3, 0.4) is 0 Å². The Balaban J connectivity index is 1.62. The second-order valence-corrected chi connectivity index (χ2v) is 6.58. The summed E-state index contributed by atoms with van der Waals surface area (Å²) in [6.45, 7) is 3.02. The van der Waals surface area contributed by atoms with Crippen molar-refractivity contribution in [2.75, 3.05) is 6.61 Å². The maximum absolute atomic E-state index is 10.7. The maximum Gasteiger partial charge on any atom is 0.150 e. The van der Waals surface area contributed by atoms with Crippen LogP contribution in [0.15, 0.2) is 48.5 Å². The summed E-state index contributed by atoms with van der Waals surface area (Å²) in [6.07, 6.45) is 11.2. The van der Waals surface area contributed by atoms with Gasteiger partial charge in [-0.15, -0.1) is 0 Å². The van der Waals surface area contributed by atoms with Crippen molar-refractivity contribution in [3.63, 3.8) is 0 Å². The first-order chi connectivity index (χ1) is 12.8. The number of ether oxygens (including phenoxy) is 2. The summed E-state index contributed by atoms with van der Waals surface area (Å²) in [7, 11) is 0. The Morgan fingerprint density at radius 3 is 1.77 bits per heavy atom. The van der Waals surface area contributed by atoms with E-state index in [1.54, 1.807) is 24.3 Å². The number of carbonyl (C=O) groups is 1. The van der Waals surface area contributed by atoms with Gasteiger partial charge in [-0.2, -0.15) is 0 Å². The van der Waals surface area contributed by atoms with Crippen molar-refractivity contribution in [1.82, 2.24) is 0 Å². The molecule has 2 rings (SSSR count). The SMILES string of the molecule is CCCCCCCCCCOc1ccc(Oc2ccc(C=O)cc2)cc1. The lowest BCUT2D eigenvalue weighted by atomic mass is 10.1. The molecule has 0 atom stereocenters. The smallest absolute Gasteiger partial charge is 0.150 e. The quantitative estimate of drug-likeness (QED) is 0.293. The molecule has 2 aromatic rings. The van der Waals surface area contributed by atoms with Gasteiger partial charge in [0.2, 0.25) is 0 Å². The third-order valence-corrected chi connectivity index (χ3v) is 4.34. The summed E-state index contributed by atoms with van der Waals surface area (Å²) in [4.78, 5) is 10.7. The first kappa shape index (κ1) is 20.0. The van der Waals surface area contributed by atoms with Crippen LogP contribution in [-0.4, -0.2) is 12.9 Å². The Bertz CT molecular complexity index is 617. The molecule has 2 aromatic carbocycles. The van der Waals surface area contributed by atoms with Gasteiger partial charge in [0.15, 0.2) is 0 Å². The molecular weight excluding hydrogens is 324 g/mol. The fourth-order valence-corrected chi connectivity index (χ4v) is 2.78. The minimum Gasteiger partial charge on any atom is -0.494 e. The predicted molar refractivity (Wildman–Crippen MR) is 106 cm³/mol. The van der Waals surface area contributed by atoms with Crippen LogP contribution in [0.25, 0.3) is 0 Å². The molecule has 0 bridgehead atoms. The van der Waals surface area contributed by atoms with E-state index in [9.17, 15) is 4.79 Å². The lowest BCUT2D eigenvalue weighted by Gasteiger charge is -2.09. The van der Waals surface area contributed by atoms with E-state index in [0.29, 0.717) is 11.3 Å². The Morgan fingerprint density at radius 2 is 1.19 bits per heavy atom. The van der Waals surface area contributed by atoms with E-state index in [-0.39, 0.29) is 0 Å². The van der Waals surface area contributed by atoms with Crippen LogP contribution in [0.2, 0.25) is 0 Å². The summed E-state index contributed by atoms with van der Waals surface area (Å²) < 4.78 is 11.6. The van der Waals surface area contributed by atoms with E-state index in [2.05, 4.69) is 6.92 Å². The Labute approximate surface area is 157 Å². The van der Waals surface area contributed by atoms with E-state index in [1.165, 1.54) is 44.9 Å².